The average molecular weight is 240 g/mol. The molecule has 18 heavy (non-hydrogen) atoms. The molecule has 0 radical (unpaired) electrons. The Labute approximate surface area is 107 Å². The van der Waals surface area contributed by atoms with Crippen LogP contribution in [0.5, 0.6) is 5.75 Å². The van der Waals surface area contributed by atoms with E-state index in [-0.39, 0.29) is 0 Å². The molecule has 0 saturated carbocycles. The number of aromatic nitrogens is 2. The highest BCUT2D eigenvalue weighted by atomic mass is 16.3. The lowest BCUT2D eigenvalue weighted by Gasteiger charge is -2.24. The van der Waals surface area contributed by atoms with E-state index >= 15 is 0 Å². The summed E-state index contributed by atoms with van der Waals surface area (Å²) in [5.41, 5.74) is 4.23. The number of benzene rings is 1. The minimum Gasteiger partial charge on any atom is -0.508 e. The Balaban J connectivity index is 2.14. The van der Waals surface area contributed by atoms with Gasteiger partial charge >= 0.3 is 0 Å². The maximum atomic E-state index is 10.2. The Morgan fingerprint density at radius 3 is 3.00 bits per heavy atom. The summed E-state index contributed by atoms with van der Waals surface area (Å²) >= 11 is 0. The molecule has 1 heterocycles. The lowest BCUT2D eigenvalue weighted by molar-refractivity contribution is 0.457. The van der Waals surface area contributed by atoms with Gasteiger partial charge in [0.2, 0.25) is 0 Å². The number of nitrogens with zero attached hydrogens (tertiary/aromatic N) is 2. The van der Waals surface area contributed by atoms with Crippen molar-refractivity contribution < 1.29 is 5.11 Å². The third kappa shape index (κ3) is 1.86. The van der Waals surface area contributed by atoms with Crippen LogP contribution < -0.4 is 0 Å². The fraction of sp³-hybridized carbons (Fsp3) is 0.333. The first-order chi connectivity index (χ1) is 8.75. The largest absolute Gasteiger partial charge is 0.508 e. The second-order valence-electron chi connectivity index (χ2n) is 4.95. The number of hydrogen-bond acceptors (Lipinski definition) is 3. The summed E-state index contributed by atoms with van der Waals surface area (Å²) in [6.07, 6.45) is 6.60. The number of fused-ring (bicyclic) bond motifs is 1. The predicted octanol–water partition coefficient (Wildman–Crippen LogP) is 3.29. The molecule has 1 aromatic carbocycles. The standard InChI is InChI=1S/C15H16N2O/c1-10-3-2-4-12-13(10)7-11(8-15(12)18)14-5-6-16-9-17-14/h5-10,18H,2-4H2,1H3. The summed E-state index contributed by atoms with van der Waals surface area (Å²) in [4.78, 5) is 8.16. The van der Waals surface area contributed by atoms with E-state index in [0.29, 0.717) is 11.7 Å². The molecule has 0 saturated heterocycles. The van der Waals surface area contributed by atoms with E-state index in [2.05, 4.69) is 23.0 Å². The van der Waals surface area contributed by atoms with E-state index < -0.39 is 0 Å². The fourth-order valence-corrected chi connectivity index (χ4v) is 2.74. The molecule has 3 heteroatoms. The third-order valence-corrected chi connectivity index (χ3v) is 3.73. The molecule has 1 aliphatic rings. The Hall–Kier alpha value is -1.90. The van der Waals surface area contributed by atoms with Crippen LogP contribution in [0.25, 0.3) is 11.3 Å². The minimum absolute atomic E-state index is 0.410. The van der Waals surface area contributed by atoms with E-state index in [1.807, 2.05) is 12.1 Å². The summed E-state index contributed by atoms with van der Waals surface area (Å²) < 4.78 is 0. The highest BCUT2D eigenvalue weighted by Gasteiger charge is 2.20. The monoisotopic (exact) mass is 240 g/mol. The van der Waals surface area contributed by atoms with Crippen LogP contribution in [0.1, 0.15) is 36.8 Å². The topological polar surface area (TPSA) is 46.0 Å². The molecule has 92 valence electrons. The normalized spacial score (nSPS) is 18.4. The number of hydrogen-bond donors (Lipinski definition) is 1. The Bertz CT molecular complexity index is 566. The number of phenols is 1. The van der Waals surface area contributed by atoms with Crippen molar-refractivity contribution in [2.45, 2.75) is 32.1 Å². The molecule has 1 N–H and O–H groups in total. The number of aromatic hydroxyl groups is 1. The summed E-state index contributed by atoms with van der Waals surface area (Å²) in [6.45, 7) is 2.22. The molecule has 1 aromatic heterocycles. The van der Waals surface area contributed by atoms with Crippen LogP contribution in [-0.4, -0.2) is 15.1 Å². The van der Waals surface area contributed by atoms with Crippen molar-refractivity contribution in [3.05, 3.63) is 41.9 Å². The maximum absolute atomic E-state index is 10.2. The van der Waals surface area contributed by atoms with Gasteiger partial charge in [0.15, 0.2) is 0 Å². The molecular formula is C15H16N2O. The van der Waals surface area contributed by atoms with Gasteiger partial charge in [-0.3, -0.25) is 0 Å². The van der Waals surface area contributed by atoms with Gasteiger partial charge in [0.25, 0.3) is 0 Å². The van der Waals surface area contributed by atoms with Crippen LogP contribution in [0.15, 0.2) is 30.7 Å². The van der Waals surface area contributed by atoms with Crippen LogP contribution in [0, 0.1) is 0 Å². The SMILES string of the molecule is CC1CCCc2c(O)cc(-c3ccncn3)cc21. The Morgan fingerprint density at radius 2 is 2.22 bits per heavy atom. The first-order valence-corrected chi connectivity index (χ1v) is 6.38. The van der Waals surface area contributed by atoms with E-state index in [1.54, 1.807) is 6.20 Å². The third-order valence-electron chi connectivity index (χ3n) is 3.73. The molecule has 0 fully saturated rings. The minimum atomic E-state index is 0.410. The van der Waals surface area contributed by atoms with Crippen molar-refractivity contribution in [2.24, 2.45) is 0 Å². The number of phenolic OH excluding ortho intramolecular Hbond substituents is 1. The van der Waals surface area contributed by atoms with Gasteiger partial charge in [-0.25, -0.2) is 9.97 Å². The van der Waals surface area contributed by atoms with Crippen molar-refractivity contribution in [2.75, 3.05) is 0 Å². The molecule has 0 amide bonds. The maximum Gasteiger partial charge on any atom is 0.119 e. The zero-order chi connectivity index (χ0) is 12.5. The Morgan fingerprint density at radius 1 is 1.33 bits per heavy atom. The molecular weight excluding hydrogens is 224 g/mol. The van der Waals surface area contributed by atoms with E-state index in [9.17, 15) is 5.11 Å². The van der Waals surface area contributed by atoms with Crippen molar-refractivity contribution in [3.63, 3.8) is 0 Å². The molecule has 1 unspecified atom stereocenters. The molecule has 3 rings (SSSR count). The molecule has 1 atom stereocenters. The van der Waals surface area contributed by atoms with Crippen molar-refractivity contribution >= 4 is 0 Å². The van der Waals surface area contributed by atoms with Crippen molar-refractivity contribution in [3.8, 4) is 17.0 Å². The van der Waals surface area contributed by atoms with Gasteiger partial charge in [0, 0.05) is 11.8 Å². The zero-order valence-corrected chi connectivity index (χ0v) is 10.4. The summed E-state index contributed by atoms with van der Waals surface area (Å²) in [6, 6.07) is 5.86. The van der Waals surface area contributed by atoms with Gasteiger partial charge in [0.1, 0.15) is 12.1 Å². The van der Waals surface area contributed by atoms with Crippen molar-refractivity contribution in [1.82, 2.24) is 9.97 Å². The predicted molar refractivity (Wildman–Crippen MR) is 70.5 cm³/mol. The highest BCUT2D eigenvalue weighted by Crippen LogP contribution is 2.38. The molecule has 1 aliphatic carbocycles. The molecule has 3 nitrogen and oxygen atoms in total. The fourth-order valence-electron chi connectivity index (χ4n) is 2.74. The van der Waals surface area contributed by atoms with Crippen molar-refractivity contribution in [1.29, 1.82) is 0 Å². The molecule has 0 bridgehead atoms. The van der Waals surface area contributed by atoms with Gasteiger partial charge in [0.05, 0.1) is 5.69 Å². The first kappa shape index (κ1) is 11.2. The Kier molecular flexibility index (Phi) is 2.74. The summed E-state index contributed by atoms with van der Waals surface area (Å²) in [5, 5.41) is 10.2. The summed E-state index contributed by atoms with van der Waals surface area (Å²) in [7, 11) is 0. The second kappa shape index (κ2) is 4.41. The average Bonchev–Trinajstić information content (AvgIpc) is 2.41. The molecule has 0 aliphatic heterocycles. The molecule has 2 aromatic rings. The van der Waals surface area contributed by atoms with Gasteiger partial charge in [-0.05, 0) is 54.5 Å². The quantitative estimate of drug-likeness (QED) is 0.832. The lowest BCUT2D eigenvalue weighted by atomic mass is 9.82. The second-order valence-corrected chi connectivity index (χ2v) is 4.95. The van der Waals surface area contributed by atoms with E-state index in [1.165, 1.54) is 18.3 Å². The van der Waals surface area contributed by atoms with Crippen LogP contribution in [0.2, 0.25) is 0 Å². The number of rotatable bonds is 1. The van der Waals surface area contributed by atoms with Gasteiger partial charge < -0.3 is 5.11 Å². The highest BCUT2D eigenvalue weighted by molar-refractivity contribution is 5.64. The van der Waals surface area contributed by atoms with E-state index in [0.717, 1.165) is 29.7 Å². The van der Waals surface area contributed by atoms with Crippen LogP contribution >= 0.6 is 0 Å². The van der Waals surface area contributed by atoms with Crippen LogP contribution in [0.3, 0.4) is 0 Å². The zero-order valence-electron chi connectivity index (χ0n) is 10.4. The molecule has 0 spiro atoms. The smallest absolute Gasteiger partial charge is 0.119 e. The van der Waals surface area contributed by atoms with Gasteiger partial charge in [-0.1, -0.05) is 6.92 Å². The first-order valence-electron chi connectivity index (χ1n) is 6.38. The van der Waals surface area contributed by atoms with Gasteiger partial charge in [-0.2, -0.15) is 0 Å². The lowest BCUT2D eigenvalue weighted by Crippen LogP contribution is -2.07. The van der Waals surface area contributed by atoms with Gasteiger partial charge in [-0.15, -0.1) is 0 Å². The summed E-state index contributed by atoms with van der Waals surface area (Å²) in [5.74, 6) is 0.925. The van der Waals surface area contributed by atoms with Crippen LogP contribution in [-0.2, 0) is 6.42 Å². The van der Waals surface area contributed by atoms with Crippen LogP contribution in [0.4, 0.5) is 0 Å². The van der Waals surface area contributed by atoms with E-state index in [4.69, 9.17) is 0 Å².